The average Bonchev–Trinajstić information content (AvgIpc) is 2.25. The molecule has 1 aromatic rings. The van der Waals surface area contributed by atoms with E-state index in [-0.39, 0.29) is 5.41 Å². The summed E-state index contributed by atoms with van der Waals surface area (Å²) < 4.78 is 0. The maximum absolute atomic E-state index is 3.52. The Balaban J connectivity index is 2.99. The molecule has 0 saturated heterocycles. The van der Waals surface area contributed by atoms with Gasteiger partial charge in [-0.05, 0) is 22.1 Å². The molecule has 0 radical (unpaired) electrons. The van der Waals surface area contributed by atoms with E-state index in [1.54, 1.807) is 0 Å². The van der Waals surface area contributed by atoms with Crippen molar-refractivity contribution in [2.24, 2.45) is 0 Å². The lowest BCUT2D eigenvalue weighted by Gasteiger charge is -2.19. The molecular formula is C14H18Br2. The second kappa shape index (κ2) is 6.02. The minimum absolute atomic E-state index is 0.228. The van der Waals surface area contributed by atoms with E-state index in [2.05, 4.69) is 83.0 Å². The molecule has 0 heterocycles. The molecule has 0 spiro atoms. The fraction of sp³-hybridized carbons (Fsp3) is 0.429. The van der Waals surface area contributed by atoms with Crippen molar-refractivity contribution in [1.29, 1.82) is 0 Å². The SMILES string of the molecule is CC(C)(C)c1ccc(/C(=C/CBr)CBr)cc1. The van der Waals surface area contributed by atoms with Crippen LogP contribution < -0.4 is 0 Å². The van der Waals surface area contributed by atoms with E-state index < -0.39 is 0 Å². The monoisotopic (exact) mass is 344 g/mol. The van der Waals surface area contributed by atoms with Gasteiger partial charge < -0.3 is 0 Å². The van der Waals surface area contributed by atoms with Gasteiger partial charge in [0, 0.05) is 10.7 Å². The number of halogens is 2. The summed E-state index contributed by atoms with van der Waals surface area (Å²) >= 11 is 6.96. The van der Waals surface area contributed by atoms with E-state index >= 15 is 0 Å². The third kappa shape index (κ3) is 3.74. The van der Waals surface area contributed by atoms with E-state index in [0.29, 0.717) is 0 Å². The molecule has 0 saturated carbocycles. The molecule has 0 aliphatic heterocycles. The quantitative estimate of drug-likeness (QED) is 0.664. The zero-order chi connectivity index (χ0) is 12.2. The first kappa shape index (κ1) is 14.0. The fourth-order valence-electron chi connectivity index (χ4n) is 1.53. The fourth-order valence-corrected chi connectivity index (χ4v) is 2.47. The Hall–Kier alpha value is -0.0800. The Bertz CT molecular complexity index is 355. The Morgan fingerprint density at radius 3 is 2.06 bits per heavy atom. The third-order valence-corrected chi connectivity index (χ3v) is 3.52. The van der Waals surface area contributed by atoms with Gasteiger partial charge in [-0.2, -0.15) is 0 Å². The Kier molecular flexibility index (Phi) is 5.26. The van der Waals surface area contributed by atoms with Crippen LogP contribution in [0, 0.1) is 0 Å². The lowest BCUT2D eigenvalue weighted by atomic mass is 9.86. The number of benzene rings is 1. The van der Waals surface area contributed by atoms with Crippen molar-refractivity contribution in [3.8, 4) is 0 Å². The summed E-state index contributed by atoms with van der Waals surface area (Å²) in [5.74, 6) is 0. The highest BCUT2D eigenvalue weighted by Gasteiger charge is 2.13. The van der Waals surface area contributed by atoms with Gasteiger partial charge in [0.2, 0.25) is 0 Å². The van der Waals surface area contributed by atoms with Crippen LogP contribution in [-0.4, -0.2) is 10.7 Å². The molecular weight excluding hydrogens is 328 g/mol. The average molecular weight is 346 g/mol. The summed E-state index contributed by atoms with van der Waals surface area (Å²) in [6.45, 7) is 6.71. The highest BCUT2D eigenvalue weighted by molar-refractivity contribution is 9.09. The Morgan fingerprint density at radius 2 is 1.69 bits per heavy atom. The second-order valence-electron chi connectivity index (χ2n) is 4.84. The van der Waals surface area contributed by atoms with E-state index in [1.807, 2.05) is 0 Å². The summed E-state index contributed by atoms with van der Waals surface area (Å²) in [5, 5.41) is 1.79. The van der Waals surface area contributed by atoms with Crippen LogP contribution >= 0.6 is 31.9 Å². The molecule has 0 aromatic heterocycles. The summed E-state index contributed by atoms with van der Waals surface area (Å²) in [6, 6.07) is 8.85. The van der Waals surface area contributed by atoms with E-state index in [9.17, 15) is 0 Å². The zero-order valence-electron chi connectivity index (χ0n) is 10.1. The zero-order valence-corrected chi connectivity index (χ0v) is 13.2. The van der Waals surface area contributed by atoms with Crippen molar-refractivity contribution in [3.05, 3.63) is 41.5 Å². The summed E-state index contributed by atoms with van der Waals surface area (Å²) in [7, 11) is 0. The minimum atomic E-state index is 0.228. The van der Waals surface area contributed by atoms with Crippen LogP contribution in [0.2, 0.25) is 0 Å². The van der Waals surface area contributed by atoms with Crippen LogP contribution in [0.25, 0.3) is 5.57 Å². The first-order valence-electron chi connectivity index (χ1n) is 5.41. The first-order valence-corrected chi connectivity index (χ1v) is 7.65. The van der Waals surface area contributed by atoms with Gasteiger partial charge in [0.1, 0.15) is 0 Å². The number of hydrogen-bond donors (Lipinski definition) is 0. The van der Waals surface area contributed by atoms with Crippen molar-refractivity contribution in [2.45, 2.75) is 26.2 Å². The number of allylic oxidation sites excluding steroid dienone is 2. The Labute approximate surface area is 115 Å². The van der Waals surface area contributed by atoms with Gasteiger partial charge in [0.25, 0.3) is 0 Å². The molecule has 16 heavy (non-hydrogen) atoms. The second-order valence-corrected chi connectivity index (χ2v) is 6.05. The molecule has 88 valence electrons. The van der Waals surface area contributed by atoms with Crippen molar-refractivity contribution in [3.63, 3.8) is 0 Å². The maximum atomic E-state index is 3.52. The number of hydrogen-bond acceptors (Lipinski definition) is 0. The van der Waals surface area contributed by atoms with E-state index in [4.69, 9.17) is 0 Å². The lowest BCUT2D eigenvalue weighted by molar-refractivity contribution is 0.590. The van der Waals surface area contributed by atoms with Gasteiger partial charge in [0.15, 0.2) is 0 Å². The van der Waals surface area contributed by atoms with Crippen LogP contribution in [0.4, 0.5) is 0 Å². The predicted molar refractivity (Wildman–Crippen MR) is 80.7 cm³/mol. The molecule has 1 aromatic carbocycles. The van der Waals surface area contributed by atoms with Gasteiger partial charge in [-0.15, -0.1) is 0 Å². The highest BCUT2D eigenvalue weighted by atomic mass is 79.9. The van der Waals surface area contributed by atoms with Crippen molar-refractivity contribution in [2.75, 3.05) is 10.7 Å². The van der Waals surface area contributed by atoms with Gasteiger partial charge >= 0.3 is 0 Å². The summed E-state index contributed by atoms with van der Waals surface area (Å²) in [4.78, 5) is 0. The molecule has 1 rings (SSSR count). The van der Waals surface area contributed by atoms with Gasteiger partial charge in [0.05, 0.1) is 0 Å². The lowest BCUT2D eigenvalue weighted by Crippen LogP contribution is -2.10. The Morgan fingerprint density at radius 1 is 1.12 bits per heavy atom. The van der Waals surface area contributed by atoms with Crippen LogP contribution in [-0.2, 0) is 5.41 Å². The van der Waals surface area contributed by atoms with E-state index in [1.165, 1.54) is 16.7 Å². The van der Waals surface area contributed by atoms with Crippen LogP contribution in [0.5, 0.6) is 0 Å². The molecule has 0 N–H and O–H groups in total. The molecule has 0 aliphatic rings. The van der Waals surface area contributed by atoms with Crippen LogP contribution in [0.15, 0.2) is 30.3 Å². The molecule has 0 nitrogen and oxygen atoms in total. The number of rotatable bonds is 3. The normalized spacial score (nSPS) is 12.9. The summed E-state index contributed by atoms with van der Waals surface area (Å²) in [6.07, 6.45) is 2.20. The maximum Gasteiger partial charge on any atom is 0.0286 e. The van der Waals surface area contributed by atoms with Crippen molar-refractivity contribution < 1.29 is 0 Å². The molecule has 0 atom stereocenters. The van der Waals surface area contributed by atoms with Crippen molar-refractivity contribution >= 4 is 37.4 Å². The van der Waals surface area contributed by atoms with Gasteiger partial charge in [-0.25, -0.2) is 0 Å². The molecule has 0 unspecified atom stereocenters. The highest BCUT2D eigenvalue weighted by Crippen LogP contribution is 2.25. The minimum Gasteiger partial charge on any atom is -0.0883 e. The van der Waals surface area contributed by atoms with Gasteiger partial charge in [-0.3, -0.25) is 0 Å². The molecule has 0 bridgehead atoms. The predicted octanol–water partition coefficient (Wildman–Crippen LogP) is 5.16. The van der Waals surface area contributed by atoms with Crippen LogP contribution in [0.3, 0.4) is 0 Å². The van der Waals surface area contributed by atoms with Crippen molar-refractivity contribution in [1.82, 2.24) is 0 Å². The standard InChI is InChI=1S/C14H18Br2/c1-14(2,3)13-6-4-11(5-7-13)12(10-16)8-9-15/h4-8H,9-10H2,1-3H3/b12-8+. The third-order valence-electron chi connectivity index (χ3n) is 2.59. The number of alkyl halides is 2. The van der Waals surface area contributed by atoms with Gasteiger partial charge in [-0.1, -0.05) is 83.0 Å². The molecule has 0 amide bonds. The smallest absolute Gasteiger partial charge is 0.0286 e. The first-order chi connectivity index (χ1) is 7.49. The van der Waals surface area contributed by atoms with Crippen LogP contribution in [0.1, 0.15) is 31.9 Å². The molecule has 0 fully saturated rings. The summed E-state index contributed by atoms with van der Waals surface area (Å²) in [5.41, 5.74) is 4.23. The molecule has 2 heteroatoms. The topological polar surface area (TPSA) is 0 Å². The largest absolute Gasteiger partial charge is 0.0883 e. The van der Waals surface area contributed by atoms with E-state index in [0.717, 1.165) is 10.7 Å². The molecule has 0 aliphatic carbocycles.